The molecular formula is C16H35BO2S. The normalized spacial score (nSPS) is 14.4. The molecule has 0 bridgehead atoms. The molecule has 0 aromatic heterocycles. The van der Waals surface area contributed by atoms with Crippen LogP contribution in [0.2, 0.25) is 6.32 Å². The smallest absolute Gasteiger partial charge is 0.165 e. The molecule has 1 atom stereocenters. The van der Waals surface area contributed by atoms with Gasteiger partial charge in [-0.2, -0.15) is 0 Å². The second kappa shape index (κ2) is 13.0. The van der Waals surface area contributed by atoms with Crippen molar-refractivity contribution in [3.8, 4) is 0 Å². The van der Waals surface area contributed by atoms with Crippen LogP contribution < -0.4 is 0 Å². The second-order valence-corrected chi connectivity index (χ2v) is 9.41. The summed E-state index contributed by atoms with van der Waals surface area (Å²) in [7, 11) is 4.52. The van der Waals surface area contributed by atoms with Crippen LogP contribution >= 0.6 is 10.3 Å². The van der Waals surface area contributed by atoms with Gasteiger partial charge in [-0.1, -0.05) is 51.8 Å². The minimum Gasteiger partial charge on any atom is -0.352 e. The maximum absolute atomic E-state index is 6.09. The van der Waals surface area contributed by atoms with Gasteiger partial charge in [-0.3, -0.25) is 0 Å². The standard InChI is InChI=1S/C16H35BO2S/c1-5-6-7-12-15-20(3,4)19-16(2)18-14-11-9-8-10-13-17/h16H,5-15H2,1-4H3. The lowest BCUT2D eigenvalue weighted by Gasteiger charge is -2.34. The Bertz CT molecular complexity index is 213. The summed E-state index contributed by atoms with van der Waals surface area (Å²) in [4.78, 5) is 0. The molecule has 2 radical (unpaired) electrons. The van der Waals surface area contributed by atoms with E-state index in [-0.39, 0.29) is 6.29 Å². The summed E-state index contributed by atoms with van der Waals surface area (Å²) >= 11 is 0. The predicted molar refractivity (Wildman–Crippen MR) is 94.0 cm³/mol. The van der Waals surface area contributed by atoms with Gasteiger partial charge in [0, 0.05) is 6.61 Å². The average Bonchev–Trinajstić information content (AvgIpc) is 2.38. The first kappa shape index (κ1) is 20.3. The fraction of sp³-hybridized carbons (Fsp3) is 1.00. The summed E-state index contributed by atoms with van der Waals surface area (Å²) in [6, 6.07) is 0. The van der Waals surface area contributed by atoms with E-state index in [2.05, 4.69) is 19.4 Å². The van der Waals surface area contributed by atoms with Gasteiger partial charge in [-0.25, -0.2) is 0 Å². The highest BCUT2D eigenvalue weighted by Gasteiger charge is 2.16. The van der Waals surface area contributed by atoms with E-state index < -0.39 is 10.3 Å². The van der Waals surface area contributed by atoms with E-state index in [1.807, 2.05) is 6.92 Å². The molecule has 0 saturated heterocycles. The zero-order valence-electron chi connectivity index (χ0n) is 14.2. The van der Waals surface area contributed by atoms with Crippen LogP contribution in [-0.4, -0.2) is 39.0 Å². The van der Waals surface area contributed by atoms with Gasteiger partial charge in [0.1, 0.15) is 0 Å². The van der Waals surface area contributed by atoms with E-state index in [1.165, 1.54) is 44.3 Å². The maximum atomic E-state index is 6.09. The molecular weight excluding hydrogens is 267 g/mol. The van der Waals surface area contributed by atoms with E-state index in [1.54, 1.807) is 0 Å². The zero-order valence-corrected chi connectivity index (χ0v) is 15.0. The highest BCUT2D eigenvalue weighted by atomic mass is 32.3. The molecule has 4 heteroatoms. The molecule has 0 aromatic carbocycles. The summed E-state index contributed by atoms with van der Waals surface area (Å²) in [5, 5.41) is 0. The first-order valence-corrected chi connectivity index (χ1v) is 10.8. The highest BCUT2D eigenvalue weighted by Crippen LogP contribution is 2.43. The van der Waals surface area contributed by atoms with Crippen LogP contribution in [0.3, 0.4) is 0 Å². The van der Waals surface area contributed by atoms with Gasteiger partial charge in [-0.15, -0.1) is 10.3 Å². The van der Waals surface area contributed by atoms with Crippen LogP contribution in [0.4, 0.5) is 0 Å². The number of ether oxygens (including phenoxy) is 1. The summed E-state index contributed by atoms with van der Waals surface area (Å²) in [6.07, 6.45) is 15.1. The minimum atomic E-state index is -0.954. The number of rotatable bonds is 14. The van der Waals surface area contributed by atoms with Crippen molar-refractivity contribution in [2.24, 2.45) is 0 Å². The Labute approximate surface area is 130 Å². The minimum absolute atomic E-state index is 0.0688. The van der Waals surface area contributed by atoms with Crippen molar-refractivity contribution in [3.63, 3.8) is 0 Å². The van der Waals surface area contributed by atoms with Gasteiger partial charge in [0.05, 0.1) is 7.85 Å². The molecule has 0 aliphatic rings. The van der Waals surface area contributed by atoms with E-state index in [9.17, 15) is 0 Å². The van der Waals surface area contributed by atoms with E-state index in [0.717, 1.165) is 25.8 Å². The molecule has 2 nitrogen and oxygen atoms in total. The molecule has 1 unspecified atom stereocenters. The Kier molecular flexibility index (Phi) is 13.2. The zero-order chi connectivity index (χ0) is 15.3. The van der Waals surface area contributed by atoms with Gasteiger partial charge in [0.15, 0.2) is 6.29 Å². The fourth-order valence-corrected chi connectivity index (χ4v) is 3.95. The van der Waals surface area contributed by atoms with Crippen LogP contribution in [0, 0.1) is 0 Å². The first-order valence-electron chi connectivity index (χ1n) is 8.22. The third kappa shape index (κ3) is 13.3. The molecule has 120 valence electrons. The van der Waals surface area contributed by atoms with Gasteiger partial charge in [0.25, 0.3) is 0 Å². The summed E-state index contributed by atoms with van der Waals surface area (Å²) in [5.41, 5.74) is 0. The van der Waals surface area contributed by atoms with Gasteiger partial charge in [-0.05, 0) is 38.0 Å². The molecule has 0 rings (SSSR count). The quantitative estimate of drug-likeness (QED) is 0.253. The largest absolute Gasteiger partial charge is 0.352 e. The molecule has 0 amide bonds. The molecule has 0 aliphatic heterocycles. The van der Waals surface area contributed by atoms with Crippen molar-refractivity contribution in [2.45, 2.75) is 77.8 Å². The Morgan fingerprint density at radius 1 is 0.950 bits per heavy atom. The molecule has 20 heavy (non-hydrogen) atoms. The van der Waals surface area contributed by atoms with E-state index in [4.69, 9.17) is 16.8 Å². The number of unbranched alkanes of at least 4 members (excludes halogenated alkanes) is 6. The summed E-state index contributed by atoms with van der Waals surface area (Å²) in [6.45, 7) is 5.08. The molecule has 0 heterocycles. The topological polar surface area (TPSA) is 18.5 Å². The molecule has 0 fully saturated rings. The number of hydrogen-bond donors (Lipinski definition) is 0. The summed E-state index contributed by atoms with van der Waals surface area (Å²) < 4.78 is 11.8. The SMILES string of the molecule is [B]CCCCCCOC(C)OS(C)(C)CCCCCC. The van der Waals surface area contributed by atoms with Gasteiger partial charge < -0.3 is 8.92 Å². The van der Waals surface area contributed by atoms with Crippen LogP contribution in [0.1, 0.15) is 65.2 Å². The Balaban J connectivity index is 3.58. The van der Waals surface area contributed by atoms with Crippen LogP contribution in [0.5, 0.6) is 0 Å². The van der Waals surface area contributed by atoms with Gasteiger partial charge in [0.2, 0.25) is 0 Å². The molecule has 0 aromatic rings. The lowest BCUT2D eigenvalue weighted by Crippen LogP contribution is -2.18. The Hall–Kier alpha value is 0.335. The van der Waals surface area contributed by atoms with E-state index >= 15 is 0 Å². The van der Waals surface area contributed by atoms with Crippen molar-refractivity contribution >= 4 is 18.2 Å². The lowest BCUT2D eigenvalue weighted by atomic mass is 9.99. The van der Waals surface area contributed by atoms with Gasteiger partial charge >= 0.3 is 0 Å². The maximum Gasteiger partial charge on any atom is 0.165 e. The van der Waals surface area contributed by atoms with Crippen molar-refractivity contribution in [1.29, 1.82) is 0 Å². The van der Waals surface area contributed by atoms with Crippen molar-refractivity contribution in [1.82, 2.24) is 0 Å². The Morgan fingerprint density at radius 3 is 2.25 bits per heavy atom. The van der Waals surface area contributed by atoms with Crippen molar-refractivity contribution in [2.75, 3.05) is 24.9 Å². The summed E-state index contributed by atoms with van der Waals surface area (Å²) in [5.74, 6) is 1.19. The highest BCUT2D eigenvalue weighted by molar-refractivity contribution is 8.28. The molecule has 0 saturated carbocycles. The van der Waals surface area contributed by atoms with Crippen LogP contribution in [0.25, 0.3) is 0 Å². The van der Waals surface area contributed by atoms with Crippen molar-refractivity contribution < 1.29 is 8.92 Å². The molecule has 0 aliphatic carbocycles. The van der Waals surface area contributed by atoms with Crippen LogP contribution in [-0.2, 0) is 8.92 Å². The molecule has 0 N–H and O–H groups in total. The van der Waals surface area contributed by atoms with Crippen molar-refractivity contribution in [3.05, 3.63) is 0 Å². The molecule has 0 spiro atoms. The lowest BCUT2D eigenvalue weighted by molar-refractivity contribution is -0.0596. The average molecular weight is 302 g/mol. The third-order valence-electron chi connectivity index (χ3n) is 3.34. The Morgan fingerprint density at radius 2 is 1.60 bits per heavy atom. The van der Waals surface area contributed by atoms with E-state index in [0.29, 0.717) is 0 Å². The second-order valence-electron chi connectivity index (χ2n) is 5.94. The first-order chi connectivity index (χ1) is 9.52. The number of hydrogen-bond acceptors (Lipinski definition) is 2. The fourth-order valence-electron chi connectivity index (χ4n) is 2.17. The monoisotopic (exact) mass is 302 g/mol. The third-order valence-corrected chi connectivity index (χ3v) is 5.40. The predicted octanol–water partition coefficient (Wildman–Crippen LogP) is 5.07. The van der Waals surface area contributed by atoms with Crippen LogP contribution in [0.15, 0.2) is 0 Å².